The van der Waals surface area contributed by atoms with Crippen molar-refractivity contribution in [2.45, 2.75) is 32.8 Å². The topological polar surface area (TPSA) is 53.3 Å². The lowest BCUT2D eigenvalue weighted by atomic mass is 9.95. The fourth-order valence-corrected chi connectivity index (χ4v) is 2.48. The Kier molecular flexibility index (Phi) is 4.87. The Morgan fingerprint density at radius 3 is 2.91 bits per heavy atom. The van der Waals surface area contributed by atoms with Crippen LogP contribution in [0.25, 0.3) is 0 Å². The van der Waals surface area contributed by atoms with E-state index in [0.29, 0.717) is 18.7 Å². The third-order valence-corrected chi connectivity index (χ3v) is 3.39. The number of rotatable bonds is 2. The Balaban J connectivity index is 1.99. The molecule has 116 valence electrons. The molecule has 4 heteroatoms. The van der Waals surface area contributed by atoms with Gasteiger partial charge < -0.3 is 9.64 Å². The molecule has 0 aliphatic carbocycles. The zero-order chi connectivity index (χ0) is 16.2. The van der Waals surface area contributed by atoms with Crippen molar-refractivity contribution in [1.82, 2.24) is 4.90 Å². The molecule has 1 amide bonds. The van der Waals surface area contributed by atoms with E-state index in [1.807, 2.05) is 45.0 Å². The third kappa shape index (κ3) is 4.63. The summed E-state index contributed by atoms with van der Waals surface area (Å²) in [6.45, 7) is 6.84. The van der Waals surface area contributed by atoms with Gasteiger partial charge in [-0.15, -0.1) is 0 Å². The van der Waals surface area contributed by atoms with E-state index in [-0.39, 0.29) is 12.0 Å². The van der Waals surface area contributed by atoms with Gasteiger partial charge in [-0.25, -0.2) is 4.79 Å². The zero-order valence-electron chi connectivity index (χ0n) is 13.4. The van der Waals surface area contributed by atoms with E-state index in [1.165, 1.54) is 0 Å². The maximum Gasteiger partial charge on any atom is 0.410 e. The van der Waals surface area contributed by atoms with Crippen molar-refractivity contribution >= 4 is 6.09 Å². The second kappa shape index (κ2) is 6.65. The molecule has 0 N–H and O–H groups in total. The summed E-state index contributed by atoms with van der Waals surface area (Å²) in [5.74, 6) is 0.246. The van der Waals surface area contributed by atoms with Gasteiger partial charge in [0.2, 0.25) is 0 Å². The van der Waals surface area contributed by atoms with Crippen LogP contribution in [0.15, 0.2) is 36.4 Å². The number of benzene rings is 1. The fraction of sp³-hybridized carbons (Fsp3) is 0.444. The number of nitrogens with zero attached hydrogens (tertiary/aromatic N) is 2. The van der Waals surface area contributed by atoms with Crippen LogP contribution < -0.4 is 0 Å². The van der Waals surface area contributed by atoms with E-state index in [4.69, 9.17) is 10.00 Å². The standard InChI is InChI=1S/C18H22N2O2/c1-18(2,3)22-17(21)20-9-5-8-16(13-20)11-14-6-4-7-15(10-14)12-19/h4-8,10,16H,9,11,13H2,1-3H3. The van der Waals surface area contributed by atoms with Gasteiger partial charge in [0, 0.05) is 13.1 Å². The minimum Gasteiger partial charge on any atom is -0.444 e. The van der Waals surface area contributed by atoms with Crippen LogP contribution in [-0.4, -0.2) is 29.7 Å². The van der Waals surface area contributed by atoms with Crippen molar-refractivity contribution in [3.63, 3.8) is 0 Å². The normalized spacial score (nSPS) is 17.9. The molecule has 0 spiro atoms. The van der Waals surface area contributed by atoms with Gasteiger partial charge in [-0.05, 0) is 50.8 Å². The van der Waals surface area contributed by atoms with Crippen LogP contribution in [0.3, 0.4) is 0 Å². The molecule has 2 rings (SSSR count). The molecule has 1 heterocycles. The molecule has 1 aromatic rings. The largest absolute Gasteiger partial charge is 0.444 e. The van der Waals surface area contributed by atoms with Crippen molar-refractivity contribution in [1.29, 1.82) is 5.26 Å². The molecule has 1 aliphatic rings. The van der Waals surface area contributed by atoms with Crippen molar-refractivity contribution < 1.29 is 9.53 Å². The van der Waals surface area contributed by atoms with Gasteiger partial charge in [-0.3, -0.25) is 0 Å². The Labute approximate surface area is 132 Å². The molecule has 4 nitrogen and oxygen atoms in total. The second-order valence-electron chi connectivity index (χ2n) is 6.59. The van der Waals surface area contributed by atoms with E-state index in [1.54, 1.807) is 11.0 Å². The summed E-state index contributed by atoms with van der Waals surface area (Å²) in [5.41, 5.74) is 1.30. The van der Waals surface area contributed by atoms with Crippen LogP contribution in [-0.2, 0) is 11.2 Å². The lowest BCUT2D eigenvalue weighted by Crippen LogP contribution is -2.41. The summed E-state index contributed by atoms with van der Waals surface area (Å²) in [7, 11) is 0. The highest BCUT2D eigenvalue weighted by Gasteiger charge is 2.25. The first-order chi connectivity index (χ1) is 10.4. The molecule has 1 unspecified atom stereocenters. The van der Waals surface area contributed by atoms with Gasteiger partial charge in [0.25, 0.3) is 0 Å². The third-order valence-electron chi connectivity index (χ3n) is 3.39. The van der Waals surface area contributed by atoms with E-state index in [2.05, 4.69) is 12.1 Å². The maximum absolute atomic E-state index is 12.1. The Morgan fingerprint density at radius 2 is 2.23 bits per heavy atom. The molecule has 1 aliphatic heterocycles. The highest BCUT2D eigenvalue weighted by molar-refractivity contribution is 5.68. The molecule has 0 saturated carbocycles. The number of hydrogen-bond donors (Lipinski definition) is 0. The van der Waals surface area contributed by atoms with E-state index < -0.39 is 5.60 Å². The molecule has 1 aromatic carbocycles. The van der Waals surface area contributed by atoms with Gasteiger partial charge >= 0.3 is 6.09 Å². The summed E-state index contributed by atoms with van der Waals surface area (Å²) < 4.78 is 5.42. The molecule has 0 saturated heterocycles. The van der Waals surface area contributed by atoms with Gasteiger partial charge in [-0.1, -0.05) is 24.3 Å². The SMILES string of the molecule is CC(C)(C)OC(=O)N1CC=CC(Cc2cccc(C#N)c2)C1. The first kappa shape index (κ1) is 16.1. The number of hydrogen-bond acceptors (Lipinski definition) is 3. The number of amides is 1. The average Bonchev–Trinajstić information content (AvgIpc) is 2.46. The predicted molar refractivity (Wildman–Crippen MR) is 85.3 cm³/mol. The van der Waals surface area contributed by atoms with E-state index in [9.17, 15) is 4.79 Å². The zero-order valence-corrected chi connectivity index (χ0v) is 13.4. The van der Waals surface area contributed by atoms with Crippen molar-refractivity contribution in [2.75, 3.05) is 13.1 Å². The van der Waals surface area contributed by atoms with Crippen molar-refractivity contribution in [3.8, 4) is 6.07 Å². The summed E-state index contributed by atoms with van der Waals surface area (Å²) >= 11 is 0. The smallest absolute Gasteiger partial charge is 0.410 e. The van der Waals surface area contributed by atoms with E-state index in [0.717, 1.165) is 12.0 Å². The number of nitriles is 1. The Hall–Kier alpha value is -2.28. The molecule has 0 aromatic heterocycles. The van der Waals surface area contributed by atoms with Crippen LogP contribution in [0.4, 0.5) is 4.79 Å². The summed E-state index contributed by atoms with van der Waals surface area (Å²) in [4.78, 5) is 13.9. The average molecular weight is 298 g/mol. The number of ether oxygens (including phenoxy) is 1. The molecular formula is C18H22N2O2. The molecule has 0 fully saturated rings. The maximum atomic E-state index is 12.1. The molecule has 22 heavy (non-hydrogen) atoms. The van der Waals surface area contributed by atoms with Crippen LogP contribution >= 0.6 is 0 Å². The van der Waals surface area contributed by atoms with Gasteiger partial charge in [-0.2, -0.15) is 5.26 Å². The molecule has 0 radical (unpaired) electrons. The van der Waals surface area contributed by atoms with E-state index >= 15 is 0 Å². The van der Waals surface area contributed by atoms with Crippen molar-refractivity contribution in [2.24, 2.45) is 5.92 Å². The van der Waals surface area contributed by atoms with Gasteiger partial charge in [0.1, 0.15) is 5.60 Å². The quantitative estimate of drug-likeness (QED) is 0.785. The van der Waals surface area contributed by atoms with Gasteiger partial charge in [0.15, 0.2) is 0 Å². The summed E-state index contributed by atoms with van der Waals surface area (Å²) in [5, 5.41) is 8.96. The van der Waals surface area contributed by atoms with Crippen LogP contribution in [0.5, 0.6) is 0 Å². The summed E-state index contributed by atoms with van der Waals surface area (Å²) in [6.07, 6.45) is 4.69. The van der Waals surface area contributed by atoms with Crippen LogP contribution in [0, 0.1) is 17.2 Å². The number of carbonyl (C=O) groups is 1. The van der Waals surface area contributed by atoms with Crippen LogP contribution in [0.1, 0.15) is 31.9 Å². The first-order valence-electron chi connectivity index (χ1n) is 7.51. The second-order valence-corrected chi connectivity index (χ2v) is 6.59. The minimum absolute atomic E-state index is 0.246. The molecule has 1 atom stereocenters. The Morgan fingerprint density at radius 1 is 1.45 bits per heavy atom. The predicted octanol–water partition coefficient (Wildman–Crippen LogP) is 3.52. The molecule has 0 bridgehead atoms. The fourth-order valence-electron chi connectivity index (χ4n) is 2.48. The lowest BCUT2D eigenvalue weighted by Gasteiger charge is -2.31. The minimum atomic E-state index is -0.477. The highest BCUT2D eigenvalue weighted by atomic mass is 16.6. The number of carbonyl (C=O) groups excluding carboxylic acids is 1. The molecular weight excluding hydrogens is 276 g/mol. The first-order valence-corrected chi connectivity index (χ1v) is 7.51. The monoisotopic (exact) mass is 298 g/mol. The van der Waals surface area contributed by atoms with Crippen molar-refractivity contribution in [3.05, 3.63) is 47.5 Å². The van der Waals surface area contributed by atoms with Crippen LogP contribution in [0.2, 0.25) is 0 Å². The highest BCUT2D eigenvalue weighted by Crippen LogP contribution is 2.19. The summed E-state index contributed by atoms with van der Waals surface area (Å²) in [6, 6.07) is 9.77. The lowest BCUT2D eigenvalue weighted by molar-refractivity contribution is 0.0244. The van der Waals surface area contributed by atoms with Gasteiger partial charge in [0.05, 0.1) is 11.6 Å². The Bertz CT molecular complexity index is 608.